The summed E-state index contributed by atoms with van der Waals surface area (Å²) in [6.07, 6.45) is 1.08. The Hall–Kier alpha value is -1.88. The molecule has 1 unspecified atom stereocenters. The van der Waals surface area contributed by atoms with E-state index in [1.165, 1.54) is 0 Å². The second kappa shape index (κ2) is 4.35. The minimum atomic E-state index is -0.893. The number of hydrogen-bond donors (Lipinski definition) is 1. The second-order valence-corrected chi connectivity index (χ2v) is 5.24. The summed E-state index contributed by atoms with van der Waals surface area (Å²) >= 11 is 0. The van der Waals surface area contributed by atoms with Crippen molar-refractivity contribution in [2.45, 2.75) is 19.4 Å². The SMILES string of the molecule is Cc1nc2ccc(C(=O)O)cc2n1C1CCN(C)C1. The third-order valence-corrected chi connectivity index (χ3v) is 3.84. The molecule has 1 N–H and O–H groups in total. The van der Waals surface area contributed by atoms with E-state index in [-0.39, 0.29) is 0 Å². The molecule has 1 saturated heterocycles. The molecule has 1 fully saturated rings. The summed E-state index contributed by atoms with van der Waals surface area (Å²) in [6, 6.07) is 5.53. The number of carbonyl (C=O) groups is 1. The van der Waals surface area contributed by atoms with Crippen LogP contribution in [0, 0.1) is 6.92 Å². The number of carboxylic acid groups (broad SMARTS) is 1. The van der Waals surface area contributed by atoms with Crippen LogP contribution < -0.4 is 0 Å². The van der Waals surface area contributed by atoms with Crippen LogP contribution in [0.3, 0.4) is 0 Å². The number of carboxylic acids is 1. The van der Waals surface area contributed by atoms with Crippen molar-refractivity contribution in [2.24, 2.45) is 0 Å². The van der Waals surface area contributed by atoms with Crippen molar-refractivity contribution in [3.05, 3.63) is 29.6 Å². The Labute approximate surface area is 111 Å². The zero-order valence-electron chi connectivity index (χ0n) is 11.1. The zero-order chi connectivity index (χ0) is 13.6. The fourth-order valence-corrected chi connectivity index (χ4v) is 2.93. The maximum absolute atomic E-state index is 11.1. The number of likely N-dealkylation sites (N-methyl/N-ethyl adjacent to an activating group) is 1. The summed E-state index contributed by atoms with van der Waals surface area (Å²) in [5.41, 5.74) is 2.12. The first-order chi connectivity index (χ1) is 9.06. The van der Waals surface area contributed by atoms with Gasteiger partial charge >= 0.3 is 5.97 Å². The highest BCUT2D eigenvalue weighted by molar-refractivity contribution is 5.92. The van der Waals surface area contributed by atoms with Gasteiger partial charge in [0.2, 0.25) is 0 Å². The van der Waals surface area contributed by atoms with Gasteiger partial charge in [-0.3, -0.25) is 0 Å². The molecule has 2 aromatic rings. The number of aryl methyl sites for hydroxylation is 1. The summed E-state index contributed by atoms with van der Waals surface area (Å²) in [5, 5.41) is 9.11. The number of aromatic carboxylic acids is 1. The number of aromatic nitrogens is 2. The number of rotatable bonds is 2. The quantitative estimate of drug-likeness (QED) is 0.895. The molecule has 0 saturated carbocycles. The number of hydrogen-bond acceptors (Lipinski definition) is 3. The predicted molar refractivity (Wildman–Crippen MR) is 72.6 cm³/mol. The summed E-state index contributed by atoms with van der Waals surface area (Å²) < 4.78 is 2.19. The monoisotopic (exact) mass is 259 g/mol. The summed E-state index contributed by atoms with van der Waals surface area (Å²) in [6.45, 7) is 4.05. The standard InChI is InChI=1S/C14H17N3O2/c1-9-15-12-4-3-10(14(18)19)7-13(12)17(9)11-5-6-16(2)8-11/h3-4,7,11H,5-6,8H2,1-2H3,(H,18,19). The van der Waals surface area contributed by atoms with Gasteiger partial charge in [-0.2, -0.15) is 0 Å². The lowest BCUT2D eigenvalue weighted by Crippen LogP contribution is -2.17. The second-order valence-electron chi connectivity index (χ2n) is 5.24. The molecule has 2 heterocycles. The lowest BCUT2D eigenvalue weighted by Gasteiger charge is -2.15. The van der Waals surface area contributed by atoms with Gasteiger partial charge in [0, 0.05) is 12.6 Å². The van der Waals surface area contributed by atoms with Crippen LogP contribution in [-0.4, -0.2) is 45.7 Å². The van der Waals surface area contributed by atoms with E-state index in [0.717, 1.165) is 36.4 Å². The van der Waals surface area contributed by atoms with Crippen molar-refractivity contribution in [1.82, 2.24) is 14.5 Å². The van der Waals surface area contributed by atoms with E-state index >= 15 is 0 Å². The minimum absolute atomic E-state index is 0.319. The van der Waals surface area contributed by atoms with E-state index < -0.39 is 5.97 Å². The highest BCUT2D eigenvalue weighted by atomic mass is 16.4. The third kappa shape index (κ3) is 2.00. The highest BCUT2D eigenvalue weighted by Crippen LogP contribution is 2.27. The van der Waals surface area contributed by atoms with Crippen molar-refractivity contribution < 1.29 is 9.90 Å². The molecular formula is C14H17N3O2. The summed E-state index contributed by atoms with van der Waals surface area (Å²) in [4.78, 5) is 17.9. The fraction of sp³-hybridized carbons (Fsp3) is 0.429. The normalized spacial score (nSPS) is 20.2. The molecule has 19 heavy (non-hydrogen) atoms. The molecule has 5 heteroatoms. The van der Waals surface area contributed by atoms with E-state index in [1.54, 1.807) is 18.2 Å². The molecule has 1 aromatic heterocycles. The van der Waals surface area contributed by atoms with Crippen molar-refractivity contribution in [3.63, 3.8) is 0 Å². The molecule has 0 aliphatic carbocycles. The number of nitrogens with zero attached hydrogens (tertiary/aromatic N) is 3. The first-order valence-electron chi connectivity index (χ1n) is 6.46. The number of imidazole rings is 1. The van der Waals surface area contributed by atoms with Crippen LogP contribution in [-0.2, 0) is 0 Å². The molecule has 0 amide bonds. The summed E-state index contributed by atoms with van der Waals surface area (Å²) in [7, 11) is 2.11. The van der Waals surface area contributed by atoms with Crippen LogP contribution in [0.5, 0.6) is 0 Å². The van der Waals surface area contributed by atoms with E-state index in [2.05, 4.69) is 21.5 Å². The van der Waals surface area contributed by atoms with Crippen LogP contribution in [0.1, 0.15) is 28.6 Å². The first-order valence-corrected chi connectivity index (χ1v) is 6.46. The Morgan fingerprint density at radius 3 is 2.89 bits per heavy atom. The van der Waals surface area contributed by atoms with Crippen LogP contribution >= 0.6 is 0 Å². The number of benzene rings is 1. The average Bonchev–Trinajstić information content (AvgIpc) is 2.90. The van der Waals surface area contributed by atoms with Gasteiger partial charge in [-0.05, 0) is 45.1 Å². The Kier molecular flexibility index (Phi) is 2.78. The van der Waals surface area contributed by atoms with E-state index in [0.29, 0.717) is 11.6 Å². The zero-order valence-corrected chi connectivity index (χ0v) is 11.1. The Morgan fingerprint density at radius 1 is 1.47 bits per heavy atom. The number of likely N-dealkylation sites (tertiary alicyclic amines) is 1. The minimum Gasteiger partial charge on any atom is -0.478 e. The van der Waals surface area contributed by atoms with Crippen molar-refractivity contribution in [1.29, 1.82) is 0 Å². The molecule has 1 aliphatic rings. The molecule has 3 rings (SSSR count). The third-order valence-electron chi connectivity index (χ3n) is 3.84. The lowest BCUT2D eigenvalue weighted by atomic mass is 10.2. The molecule has 0 bridgehead atoms. The van der Waals surface area contributed by atoms with Crippen LogP contribution in [0.15, 0.2) is 18.2 Å². The molecular weight excluding hydrogens is 242 g/mol. The van der Waals surface area contributed by atoms with Crippen LogP contribution in [0.4, 0.5) is 0 Å². The Balaban J connectivity index is 2.14. The topological polar surface area (TPSA) is 58.4 Å². The van der Waals surface area contributed by atoms with E-state index in [4.69, 9.17) is 5.11 Å². The highest BCUT2D eigenvalue weighted by Gasteiger charge is 2.24. The van der Waals surface area contributed by atoms with Gasteiger partial charge in [-0.25, -0.2) is 9.78 Å². The molecule has 1 aliphatic heterocycles. The maximum atomic E-state index is 11.1. The largest absolute Gasteiger partial charge is 0.478 e. The lowest BCUT2D eigenvalue weighted by molar-refractivity contribution is 0.0697. The van der Waals surface area contributed by atoms with Gasteiger partial charge in [0.1, 0.15) is 5.82 Å². The Morgan fingerprint density at radius 2 is 2.26 bits per heavy atom. The summed E-state index contributed by atoms with van der Waals surface area (Å²) in [5.74, 6) is 0.0636. The van der Waals surface area contributed by atoms with Crippen LogP contribution in [0.25, 0.3) is 11.0 Å². The molecule has 1 aromatic carbocycles. The predicted octanol–water partition coefficient (Wildman–Crippen LogP) is 1.92. The van der Waals surface area contributed by atoms with Crippen molar-refractivity contribution >= 4 is 17.0 Å². The first kappa shape index (κ1) is 12.2. The molecule has 1 atom stereocenters. The smallest absolute Gasteiger partial charge is 0.335 e. The molecule has 0 spiro atoms. The van der Waals surface area contributed by atoms with Gasteiger partial charge in [0.05, 0.1) is 16.6 Å². The average molecular weight is 259 g/mol. The van der Waals surface area contributed by atoms with Gasteiger partial charge in [0.25, 0.3) is 0 Å². The van der Waals surface area contributed by atoms with Gasteiger partial charge in [0.15, 0.2) is 0 Å². The number of fused-ring (bicyclic) bond motifs is 1. The van der Waals surface area contributed by atoms with E-state index in [1.807, 2.05) is 6.92 Å². The van der Waals surface area contributed by atoms with Crippen molar-refractivity contribution in [3.8, 4) is 0 Å². The molecule has 100 valence electrons. The molecule has 5 nitrogen and oxygen atoms in total. The van der Waals surface area contributed by atoms with E-state index in [9.17, 15) is 4.79 Å². The maximum Gasteiger partial charge on any atom is 0.335 e. The van der Waals surface area contributed by atoms with Gasteiger partial charge in [-0.1, -0.05) is 0 Å². The fourth-order valence-electron chi connectivity index (χ4n) is 2.93. The van der Waals surface area contributed by atoms with Crippen LogP contribution in [0.2, 0.25) is 0 Å². The van der Waals surface area contributed by atoms with Gasteiger partial charge in [-0.15, -0.1) is 0 Å². The molecule has 0 radical (unpaired) electrons. The van der Waals surface area contributed by atoms with Crippen molar-refractivity contribution in [2.75, 3.05) is 20.1 Å². The Bertz CT molecular complexity index is 647. The van der Waals surface area contributed by atoms with Gasteiger partial charge < -0.3 is 14.6 Å².